The molecule has 1 aromatic rings. The number of carbonyl (C=O) groups is 1. The van der Waals surface area contributed by atoms with Crippen LogP contribution in [0.15, 0.2) is 24.3 Å². The number of benzene rings is 1. The second-order valence-corrected chi connectivity index (χ2v) is 6.16. The summed E-state index contributed by atoms with van der Waals surface area (Å²) in [5.74, 6) is 1.80. The van der Waals surface area contributed by atoms with Crippen LogP contribution in [-0.2, 0) is 10.2 Å². The van der Waals surface area contributed by atoms with E-state index in [1.54, 1.807) is 38.1 Å². The smallest absolute Gasteiger partial charge is 0.268 e. The van der Waals surface area contributed by atoms with Crippen molar-refractivity contribution in [3.8, 4) is 12.3 Å². The molecule has 19 heavy (non-hydrogen) atoms. The van der Waals surface area contributed by atoms with Crippen molar-refractivity contribution in [3.05, 3.63) is 29.8 Å². The van der Waals surface area contributed by atoms with Crippen molar-refractivity contribution < 1.29 is 13.2 Å². The standard InChI is InChI=1S/C13H14N2O3S/c1-4-9-14-12-8-6-5-7-11(12)13(16)15(10(2)3)19(14,17)18/h1,5-8,10H,9H2,2-3H3. The Bertz CT molecular complexity index is 659. The van der Waals surface area contributed by atoms with Gasteiger partial charge in [0.1, 0.15) is 0 Å². The fraction of sp³-hybridized carbons (Fsp3) is 0.308. The second-order valence-electron chi connectivity index (χ2n) is 4.43. The van der Waals surface area contributed by atoms with Crippen molar-refractivity contribution in [3.63, 3.8) is 0 Å². The van der Waals surface area contributed by atoms with Crippen molar-refractivity contribution >= 4 is 21.8 Å². The number of para-hydroxylation sites is 1. The number of amides is 1. The van der Waals surface area contributed by atoms with Crippen molar-refractivity contribution in [1.29, 1.82) is 0 Å². The van der Waals surface area contributed by atoms with E-state index in [4.69, 9.17) is 6.42 Å². The van der Waals surface area contributed by atoms with E-state index < -0.39 is 22.2 Å². The SMILES string of the molecule is C#CCN1c2ccccc2C(=O)N(C(C)C)S1(=O)=O. The Morgan fingerprint density at radius 1 is 1.32 bits per heavy atom. The zero-order chi connectivity index (χ0) is 14.2. The zero-order valence-electron chi connectivity index (χ0n) is 10.7. The first-order chi connectivity index (χ1) is 8.91. The first-order valence-corrected chi connectivity index (χ1v) is 7.20. The summed E-state index contributed by atoms with van der Waals surface area (Å²) < 4.78 is 26.9. The van der Waals surface area contributed by atoms with Gasteiger partial charge in [0.2, 0.25) is 0 Å². The Morgan fingerprint density at radius 2 is 1.95 bits per heavy atom. The molecule has 1 aromatic carbocycles. The summed E-state index contributed by atoms with van der Waals surface area (Å²) in [6, 6.07) is 6.09. The Morgan fingerprint density at radius 3 is 2.53 bits per heavy atom. The molecule has 0 unspecified atom stereocenters. The van der Waals surface area contributed by atoms with Gasteiger partial charge in [-0.1, -0.05) is 18.1 Å². The molecule has 100 valence electrons. The highest BCUT2D eigenvalue weighted by molar-refractivity contribution is 7.91. The Balaban J connectivity index is 2.71. The molecule has 0 spiro atoms. The van der Waals surface area contributed by atoms with E-state index >= 15 is 0 Å². The number of fused-ring (bicyclic) bond motifs is 1. The van der Waals surface area contributed by atoms with Crippen LogP contribution in [-0.4, -0.2) is 31.2 Å². The predicted molar refractivity (Wildman–Crippen MR) is 72.8 cm³/mol. The second kappa shape index (κ2) is 4.59. The summed E-state index contributed by atoms with van der Waals surface area (Å²) in [6.07, 6.45) is 5.23. The van der Waals surface area contributed by atoms with E-state index in [2.05, 4.69) is 5.92 Å². The fourth-order valence-corrected chi connectivity index (χ4v) is 3.78. The third-order valence-corrected chi connectivity index (χ3v) is 4.80. The number of terminal acetylenes is 1. The van der Waals surface area contributed by atoms with Crippen LogP contribution >= 0.6 is 0 Å². The molecular formula is C13H14N2O3S. The number of anilines is 1. The van der Waals surface area contributed by atoms with E-state index in [0.717, 1.165) is 8.61 Å². The van der Waals surface area contributed by atoms with Crippen molar-refractivity contribution in [1.82, 2.24) is 4.31 Å². The lowest BCUT2D eigenvalue weighted by Crippen LogP contribution is -2.54. The maximum atomic E-state index is 12.5. The number of rotatable bonds is 2. The van der Waals surface area contributed by atoms with E-state index in [0.29, 0.717) is 11.3 Å². The lowest BCUT2D eigenvalue weighted by atomic mass is 10.1. The summed E-state index contributed by atoms with van der Waals surface area (Å²) in [5, 5.41) is 0. The Hall–Kier alpha value is -2.00. The number of hydrogen-bond donors (Lipinski definition) is 0. The average Bonchev–Trinajstić information content (AvgIpc) is 2.33. The van der Waals surface area contributed by atoms with Gasteiger partial charge in [0.15, 0.2) is 0 Å². The third-order valence-electron chi connectivity index (χ3n) is 2.83. The van der Waals surface area contributed by atoms with Gasteiger partial charge in [0.05, 0.1) is 17.8 Å². The molecule has 1 amide bonds. The van der Waals surface area contributed by atoms with Crippen LogP contribution in [0.5, 0.6) is 0 Å². The lowest BCUT2D eigenvalue weighted by Gasteiger charge is -2.37. The average molecular weight is 278 g/mol. The number of carbonyl (C=O) groups excluding carboxylic acids is 1. The van der Waals surface area contributed by atoms with Gasteiger partial charge in [-0.05, 0) is 26.0 Å². The Labute approximate surface area is 113 Å². The van der Waals surface area contributed by atoms with Crippen molar-refractivity contribution in [2.75, 3.05) is 10.8 Å². The normalized spacial score (nSPS) is 17.3. The molecule has 1 aliphatic rings. The highest BCUT2D eigenvalue weighted by Crippen LogP contribution is 2.32. The summed E-state index contributed by atoms with van der Waals surface area (Å²) in [6.45, 7) is 3.20. The van der Waals surface area contributed by atoms with Crippen LogP contribution < -0.4 is 4.31 Å². The highest BCUT2D eigenvalue weighted by Gasteiger charge is 2.42. The quantitative estimate of drug-likeness (QED) is 0.765. The molecule has 0 radical (unpaired) electrons. The lowest BCUT2D eigenvalue weighted by molar-refractivity contribution is 0.0831. The maximum absolute atomic E-state index is 12.5. The number of nitrogens with zero attached hydrogens (tertiary/aromatic N) is 2. The van der Waals surface area contributed by atoms with Gasteiger partial charge < -0.3 is 0 Å². The maximum Gasteiger partial charge on any atom is 0.330 e. The first-order valence-electron chi connectivity index (χ1n) is 5.80. The summed E-state index contributed by atoms with van der Waals surface area (Å²) in [7, 11) is -3.91. The molecule has 0 aromatic heterocycles. The van der Waals surface area contributed by atoms with Gasteiger partial charge in [-0.15, -0.1) is 6.42 Å². The number of hydrogen-bond acceptors (Lipinski definition) is 3. The monoisotopic (exact) mass is 278 g/mol. The fourth-order valence-electron chi connectivity index (χ4n) is 2.08. The van der Waals surface area contributed by atoms with Crippen LogP contribution in [0.25, 0.3) is 0 Å². The molecule has 0 saturated heterocycles. The highest BCUT2D eigenvalue weighted by atomic mass is 32.2. The summed E-state index contributed by atoms with van der Waals surface area (Å²) in [5.41, 5.74) is 0.684. The molecule has 0 fully saturated rings. The summed E-state index contributed by atoms with van der Waals surface area (Å²) >= 11 is 0. The molecule has 2 rings (SSSR count). The third kappa shape index (κ3) is 1.96. The van der Waals surface area contributed by atoms with Crippen LogP contribution in [0.1, 0.15) is 24.2 Å². The van der Waals surface area contributed by atoms with Crippen LogP contribution in [0.3, 0.4) is 0 Å². The van der Waals surface area contributed by atoms with Gasteiger partial charge in [-0.2, -0.15) is 8.42 Å². The first kappa shape index (κ1) is 13.4. The van der Waals surface area contributed by atoms with E-state index in [9.17, 15) is 13.2 Å². The molecule has 0 atom stereocenters. The largest absolute Gasteiger partial charge is 0.330 e. The molecule has 1 aliphatic heterocycles. The summed E-state index contributed by atoms with van der Waals surface area (Å²) in [4.78, 5) is 12.3. The molecule has 1 heterocycles. The van der Waals surface area contributed by atoms with E-state index in [1.165, 1.54) is 0 Å². The molecule has 0 bridgehead atoms. The Kier molecular flexibility index (Phi) is 3.25. The topological polar surface area (TPSA) is 57.7 Å². The van der Waals surface area contributed by atoms with E-state index in [-0.39, 0.29) is 6.54 Å². The van der Waals surface area contributed by atoms with Gasteiger partial charge in [-0.3, -0.25) is 4.79 Å². The van der Waals surface area contributed by atoms with Gasteiger partial charge in [0, 0.05) is 6.04 Å². The van der Waals surface area contributed by atoms with Gasteiger partial charge >= 0.3 is 10.2 Å². The minimum Gasteiger partial charge on any atom is -0.268 e. The molecular weight excluding hydrogens is 264 g/mol. The molecule has 0 aliphatic carbocycles. The molecule has 0 N–H and O–H groups in total. The zero-order valence-corrected chi connectivity index (χ0v) is 11.5. The molecule has 0 saturated carbocycles. The predicted octanol–water partition coefficient (Wildman–Crippen LogP) is 1.24. The van der Waals surface area contributed by atoms with Crippen LogP contribution in [0.2, 0.25) is 0 Å². The molecule has 6 heteroatoms. The van der Waals surface area contributed by atoms with Crippen molar-refractivity contribution in [2.24, 2.45) is 0 Å². The minimum atomic E-state index is -3.91. The van der Waals surface area contributed by atoms with E-state index in [1.807, 2.05) is 0 Å². The molecule has 5 nitrogen and oxygen atoms in total. The van der Waals surface area contributed by atoms with Gasteiger partial charge in [0.25, 0.3) is 5.91 Å². The van der Waals surface area contributed by atoms with Crippen LogP contribution in [0, 0.1) is 12.3 Å². The minimum absolute atomic E-state index is 0.101. The van der Waals surface area contributed by atoms with Gasteiger partial charge in [-0.25, -0.2) is 8.61 Å². The van der Waals surface area contributed by atoms with Crippen LogP contribution in [0.4, 0.5) is 5.69 Å². The van der Waals surface area contributed by atoms with Crippen molar-refractivity contribution in [2.45, 2.75) is 19.9 Å².